The van der Waals surface area contributed by atoms with Crippen LogP contribution >= 0.6 is 0 Å². The maximum absolute atomic E-state index is 11.9. The monoisotopic (exact) mass is 238 g/mol. The predicted molar refractivity (Wildman–Crippen MR) is 64.1 cm³/mol. The molecule has 0 aliphatic heterocycles. The van der Waals surface area contributed by atoms with Gasteiger partial charge in [-0.3, -0.25) is 5.10 Å². The van der Waals surface area contributed by atoms with Crippen LogP contribution in [0.15, 0.2) is 42.5 Å². The van der Waals surface area contributed by atoms with E-state index in [9.17, 15) is 4.79 Å². The molecular weight excluding hydrogens is 230 g/mol. The molecule has 5 nitrogen and oxygen atoms in total. The summed E-state index contributed by atoms with van der Waals surface area (Å²) in [4.78, 5) is 11.9. The van der Waals surface area contributed by atoms with Gasteiger partial charge in [-0.1, -0.05) is 23.4 Å². The van der Waals surface area contributed by atoms with Crippen LogP contribution in [0.5, 0.6) is 5.75 Å². The van der Waals surface area contributed by atoms with E-state index in [0.717, 1.165) is 5.52 Å². The first kappa shape index (κ1) is 10.5. The average Bonchev–Trinajstić information content (AvgIpc) is 2.87. The molecule has 0 bridgehead atoms. The zero-order valence-electron chi connectivity index (χ0n) is 9.25. The normalized spacial score (nSPS) is 10.4. The highest BCUT2D eigenvalue weighted by Crippen LogP contribution is 2.14. The number of aromatic amines is 1. The van der Waals surface area contributed by atoms with E-state index in [0.29, 0.717) is 16.8 Å². The molecule has 1 aromatic heterocycles. The van der Waals surface area contributed by atoms with Crippen molar-refractivity contribution in [3.05, 3.63) is 54.1 Å². The van der Waals surface area contributed by atoms with E-state index in [2.05, 4.69) is 21.5 Å². The molecule has 0 amide bonds. The molecule has 5 heteroatoms. The van der Waals surface area contributed by atoms with Crippen molar-refractivity contribution in [3.8, 4) is 5.75 Å². The van der Waals surface area contributed by atoms with Gasteiger partial charge < -0.3 is 4.74 Å². The first-order valence-electron chi connectivity index (χ1n) is 5.33. The van der Waals surface area contributed by atoms with Crippen LogP contribution in [0, 0.1) is 6.07 Å². The second kappa shape index (κ2) is 4.29. The summed E-state index contributed by atoms with van der Waals surface area (Å²) in [6.45, 7) is 0. The molecule has 0 fully saturated rings. The molecule has 0 aliphatic carbocycles. The van der Waals surface area contributed by atoms with Crippen molar-refractivity contribution in [1.29, 1.82) is 0 Å². The zero-order chi connectivity index (χ0) is 12.4. The minimum absolute atomic E-state index is 0.320. The Morgan fingerprint density at radius 1 is 1.17 bits per heavy atom. The summed E-state index contributed by atoms with van der Waals surface area (Å²) in [7, 11) is 0. The van der Waals surface area contributed by atoms with Crippen LogP contribution in [0.3, 0.4) is 0 Å². The smallest absolute Gasteiger partial charge is 0.344 e. The number of carbonyl (C=O) groups excluding carboxylic acids is 1. The average molecular weight is 238 g/mol. The molecule has 2 aromatic carbocycles. The Kier molecular flexibility index (Phi) is 2.49. The lowest BCUT2D eigenvalue weighted by Crippen LogP contribution is -2.08. The number of ether oxygens (including phenoxy) is 1. The van der Waals surface area contributed by atoms with Gasteiger partial charge >= 0.3 is 5.97 Å². The van der Waals surface area contributed by atoms with Gasteiger partial charge in [0, 0.05) is 6.07 Å². The summed E-state index contributed by atoms with van der Waals surface area (Å²) in [6, 6.07) is 15.1. The fourth-order valence-electron chi connectivity index (χ4n) is 1.55. The molecular formula is C13H8N3O2. The first-order chi connectivity index (χ1) is 8.83. The Hall–Kier alpha value is -2.69. The predicted octanol–water partition coefficient (Wildman–Crippen LogP) is 1.98. The molecule has 0 aliphatic rings. The molecule has 0 atom stereocenters. The highest BCUT2D eigenvalue weighted by atomic mass is 16.5. The minimum atomic E-state index is -0.467. The Balaban J connectivity index is 1.87. The number of para-hydroxylation sites is 1. The number of benzene rings is 2. The van der Waals surface area contributed by atoms with Gasteiger partial charge in [-0.15, -0.1) is 5.10 Å². The van der Waals surface area contributed by atoms with Gasteiger partial charge in [-0.05, 0) is 24.3 Å². The van der Waals surface area contributed by atoms with Crippen LogP contribution < -0.4 is 4.74 Å². The summed E-state index contributed by atoms with van der Waals surface area (Å²) in [6.07, 6.45) is 0. The van der Waals surface area contributed by atoms with E-state index in [4.69, 9.17) is 4.74 Å². The molecule has 0 spiro atoms. The van der Waals surface area contributed by atoms with E-state index in [-0.39, 0.29) is 0 Å². The van der Waals surface area contributed by atoms with Crippen LogP contribution in [-0.2, 0) is 0 Å². The second-order valence-electron chi connectivity index (χ2n) is 3.65. The molecule has 18 heavy (non-hydrogen) atoms. The van der Waals surface area contributed by atoms with Crippen molar-refractivity contribution in [1.82, 2.24) is 15.4 Å². The number of hydrogen-bond donors (Lipinski definition) is 1. The number of aromatic nitrogens is 3. The third-order valence-corrected chi connectivity index (χ3v) is 2.42. The molecule has 1 N–H and O–H groups in total. The molecule has 0 saturated heterocycles. The lowest BCUT2D eigenvalue weighted by molar-refractivity contribution is 0.0734. The number of H-pyrrole nitrogens is 1. The number of hydrogen-bond acceptors (Lipinski definition) is 4. The van der Waals surface area contributed by atoms with Crippen LogP contribution in [-0.4, -0.2) is 21.4 Å². The number of carbonyl (C=O) groups is 1. The lowest BCUT2D eigenvalue weighted by Gasteiger charge is -2.03. The van der Waals surface area contributed by atoms with Crippen LogP contribution in [0.2, 0.25) is 0 Å². The summed E-state index contributed by atoms with van der Waals surface area (Å²) in [5.74, 6) is 0.0299. The minimum Gasteiger partial charge on any atom is -0.423 e. The summed E-state index contributed by atoms with van der Waals surface area (Å²) in [5.41, 5.74) is 1.56. The van der Waals surface area contributed by atoms with Crippen LogP contribution in [0.25, 0.3) is 11.0 Å². The molecule has 1 radical (unpaired) electrons. The number of nitrogens with zero attached hydrogens (tertiary/aromatic N) is 2. The Morgan fingerprint density at radius 2 is 2.00 bits per heavy atom. The third-order valence-electron chi connectivity index (χ3n) is 2.42. The van der Waals surface area contributed by atoms with Crippen molar-refractivity contribution in [3.63, 3.8) is 0 Å². The van der Waals surface area contributed by atoms with Crippen molar-refractivity contribution in [2.24, 2.45) is 0 Å². The molecule has 3 aromatic rings. The SMILES string of the molecule is O=C(Oc1ccccc1)c1[c]c2nn[nH]c2cc1. The third kappa shape index (κ3) is 1.93. The molecule has 3 rings (SSSR count). The van der Waals surface area contributed by atoms with E-state index in [1.807, 2.05) is 6.07 Å². The standard InChI is InChI=1S/C13H8N3O2/c17-13(18-10-4-2-1-3-5-10)9-6-7-11-12(8-9)15-16-14-11/h1-7H,(H,14,15,16). The van der Waals surface area contributed by atoms with Gasteiger partial charge in [0.05, 0.1) is 11.1 Å². The van der Waals surface area contributed by atoms with Gasteiger partial charge in [0.15, 0.2) is 0 Å². The van der Waals surface area contributed by atoms with Crippen LogP contribution in [0.4, 0.5) is 0 Å². The molecule has 0 saturated carbocycles. The zero-order valence-corrected chi connectivity index (χ0v) is 9.25. The molecule has 0 unspecified atom stereocenters. The van der Waals surface area contributed by atoms with Gasteiger partial charge in [0.25, 0.3) is 0 Å². The van der Waals surface area contributed by atoms with Gasteiger partial charge in [-0.2, -0.15) is 0 Å². The van der Waals surface area contributed by atoms with E-state index >= 15 is 0 Å². The fourth-order valence-corrected chi connectivity index (χ4v) is 1.55. The summed E-state index contributed by atoms with van der Waals surface area (Å²) < 4.78 is 5.20. The van der Waals surface area contributed by atoms with Crippen LogP contribution in [0.1, 0.15) is 10.4 Å². The number of nitrogens with one attached hydrogen (secondary N) is 1. The highest BCUT2D eigenvalue weighted by molar-refractivity contribution is 5.94. The summed E-state index contributed by atoms with van der Waals surface area (Å²) >= 11 is 0. The quantitative estimate of drug-likeness (QED) is 0.547. The Bertz CT molecular complexity index is 692. The van der Waals surface area contributed by atoms with Crippen molar-refractivity contribution in [2.45, 2.75) is 0 Å². The van der Waals surface area contributed by atoms with Gasteiger partial charge in [-0.25, -0.2) is 4.79 Å². The Morgan fingerprint density at radius 3 is 2.83 bits per heavy atom. The maximum Gasteiger partial charge on any atom is 0.344 e. The van der Waals surface area contributed by atoms with Gasteiger partial charge in [0.2, 0.25) is 0 Å². The first-order valence-corrected chi connectivity index (χ1v) is 5.33. The van der Waals surface area contributed by atoms with Crippen molar-refractivity contribution >= 4 is 17.0 Å². The number of rotatable bonds is 2. The lowest BCUT2D eigenvalue weighted by atomic mass is 10.2. The van der Waals surface area contributed by atoms with Crippen molar-refractivity contribution in [2.75, 3.05) is 0 Å². The van der Waals surface area contributed by atoms with Gasteiger partial charge in [0.1, 0.15) is 11.3 Å². The molecule has 1 heterocycles. The number of fused-ring (bicyclic) bond motifs is 1. The number of esters is 1. The largest absolute Gasteiger partial charge is 0.423 e. The molecule has 87 valence electrons. The Labute approximate surface area is 102 Å². The van der Waals surface area contributed by atoms with E-state index in [1.165, 1.54) is 0 Å². The highest BCUT2D eigenvalue weighted by Gasteiger charge is 2.10. The van der Waals surface area contributed by atoms with E-state index < -0.39 is 5.97 Å². The topological polar surface area (TPSA) is 67.9 Å². The second-order valence-corrected chi connectivity index (χ2v) is 3.65. The fraction of sp³-hybridized carbons (Fsp3) is 0. The van der Waals surface area contributed by atoms with Crippen molar-refractivity contribution < 1.29 is 9.53 Å². The van der Waals surface area contributed by atoms with E-state index in [1.54, 1.807) is 36.4 Å². The summed E-state index contributed by atoms with van der Waals surface area (Å²) in [5, 5.41) is 10.1. The maximum atomic E-state index is 11.9.